The number of unbranched alkanes of at least 4 members (excludes halogenated alkanes) is 6. The van der Waals surface area contributed by atoms with Crippen LogP contribution in [-0.2, 0) is 25.1 Å². The van der Waals surface area contributed by atoms with E-state index in [0.717, 1.165) is 19.3 Å². The minimum atomic E-state index is -4.01. The molecule has 0 aliphatic rings. The third-order valence-electron chi connectivity index (χ3n) is 4.44. The van der Waals surface area contributed by atoms with Gasteiger partial charge in [-0.3, -0.25) is 9.13 Å². The van der Waals surface area contributed by atoms with Gasteiger partial charge in [-0.2, -0.15) is 4.98 Å². The van der Waals surface area contributed by atoms with Crippen LogP contribution in [0.1, 0.15) is 44.9 Å². The Kier molecular flexibility index (Phi) is 14.3. The Labute approximate surface area is 183 Å². The quantitative estimate of drug-likeness (QED) is 0.160. The van der Waals surface area contributed by atoms with Gasteiger partial charge >= 0.3 is 13.3 Å². The SMILES string of the molecule is C=CCCCCCCCCOCCOP(=O)(O)CO[C@H](CO)Cn1ccc(N)nc1=O. The van der Waals surface area contributed by atoms with Crippen molar-refractivity contribution in [3.63, 3.8) is 0 Å². The van der Waals surface area contributed by atoms with Crippen LogP contribution in [0, 0.1) is 0 Å². The first kappa shape index (κ1) is 27.5. The van der Waals surface area contributed by atoms with Gasteiger partial charge in [-0.1, -0.05) is 31.8 Å². The Morgan fingerprint density at radius 3 is 2.58 bits per heavy atom. The highest BCUT2D eigenvalue weighted by Crippen LogP contribution is 2.41. The smallest absolute Gasteiger partial charge is 0.353 e. The molecular formula is C20H36N3O7P. The Bertz CT molecular complexity index is 729. The molecule has 1 aromatic rings. The summed E-state index contributed by atoms with van der Waals surface area (Å²) >= 11 is 0. The molecule has 1 rings (SSSR count). The average molecular weight is 461 g/mol. The number of rotatable bonds is 19. The van der Waals surface area contributed by atoms with Crippen LogP contribution in [0.2, 0.25) is 0 Å². The summed E-state index contributed by atoms with van der Waals surface area (Å²) in [5.41, 5.74) is 4.82. The maximum Gasteiger partial charge on any atom is 0.353 e. The normalized spacial score (nSPS) is 14.3. The van der Waals surface area contributed by atoms with E-state index in [2.05, 4.69) is 11.6 Å². The van der Waals surface area contributed by atoms with E-state index in [1.807, 2.05) is 6.08 Å². The largest absolute Gasteiger partial charge is 0.394 e. The third-order valence-corrected chi connectivity index (χ3v) is 5.50. The molecule has 1 heterocycles. The molecule has 0 bridgehead atoms. The van der Waals surface area contributed by atoms with Gasteiger partial charge in [0.05, 0.1) is 32.5 Å². The maximum atomic E-state index is 12.0. The number of aliphatic hydroxyl groups is 1. The molecule has 0 aliphatic carbocycles. The van der Waals surface area contributed by atoms with E-state index in [1.54, 1.807) is 0 Å². The second-order valence-electron chi connectivity index (χ2n) is 7.17. The monoisotopic (exact) mass is 461 g/mol. The van der Waals surface area contributed by atoms with E-state index in [0.29, 0.717) is 6.61 Å². The number of hydrogen-bond acceptors (Lipinski definition) is 8. The van der Waals surface area contributed by atoms with Crippen molar-refractivity contribution in [2.45, 2.75) is 57.6 Å². The highest BCUT2D eigenvalue weighted by molar-refractivity contribution is 7.52. The lowest BCUT2D eigenvalue weighted by atomic mass is 10.1. The second kappa shape index (κ2) is 16.1. The lowest BCUT2D eigenvalue weighted by Gasteiger charge is -2.19. The predicted octanol–water partition coefficient (Wildman–Crippen LogP) is 2.30. The van der Waals surface area contributed by atoms with Crippen molar-refractivity contribution in [3.05, 3.63) is 35.4 Å². The van der Waals surface area contributed by atoms with Crippen LogP contribution in [0.5, 0.6) is 0 Å². The summed E-state index contributed by atoms with van der Waals surface area (Å²) in [6.45, 7) is 3.97. The molecule has 0 radical (unpaired) electrons. The van der Waals surface area contributed by atoms with E-state index in [1.165, 1.54) is 42.5 Å². The van der Waals surface area contributed by atoms with Crippen LogP contribution in [0.3, 0.4) is 0 Å². The molecule has 0 saturated carbocycles. The van der Waals surface area contributed by atoms with Gasteiger partial charge in [0, 0.05) is 12.8 Å². The molecule has 0 aromatic carbocycles. The van der Waals surface area contributed by atoms with Gasteiger partial charge in [0.1, 0.15) is 12.2 Å². The zero-order valence-electron chi connectivity index (χ0n) is 18.1. The highest BCUT2D eigenvalue weighted by Gasteiger charge is 2.22. The summed E-state index contributed by atoms with van der Waals surface area (Å²) in [4.78, 5) is 25.1. The van der Waals surface area contributed by atoms with Gasteiger partial charge in [-0.05, 0) is 25.3 Å². The van der Waals surface area contributed by atoms with Crippen LogP contribution in [0.15, 0.2) is 29.7 Å². The first-order valence-corrected chi connectivity index (χ1v) is 12.3. The van der Waals surface area contributed by atoms with Crippen LogP contribution in [0.25, 0.3) is 0 Å². The Morgan fingerprint density at radius 2 is 1.90 bits per heavy atom. The Morgan fingerprint density at radius 1 is 1.19 bits per heavy atom. The maximum absolute atomic E-state index is 12.0. The molecule has 1 aromatic heterocycles. The summed E-state index contributed by atoms with van der Waals surface area (Å²) in [6, 6.07) is 1.43. The van der Waals surface area contributed by atoms with E-state index >= 15 is 0 Å². The van der Waals surface area contributed by atoms with Crippen molar-refractivity contribution >= 4 is 13.4 Å². The van der Waals surface area contributed by atoms with Gasteiger partial charge < -0.3 is 29.7 Å². The minimum Gasteiger partial charge on any atom is -0.394 e. The molecule has 178 valence electrons. The molecule has 4 N–H and O–H groups in total. The van der Waals surface area contributed by atoms with Crippen LogP contribution in [0.4, 0.5) is 5.82 Å². The lowest BCUT2D eigenvalue weighted by molar-refractivity contribution is 0.0147. The molecule has 10 nitrogen and oxygen atoms in total. The van der Waals surface area contributed by atoms with Gasteiger partial charge in [0.2, 0.25) is 0 Å². The number of nitrogens with zero attached hydrogens (tertiary/aromatic N) is 2. The molecule has 0 aliphatic heterocycles. The summed E-state index contributed by atoms with van der Waals surface area (Å²) in [5.74, 6) is 0.0810. The van der Waals surface area contributed by atoms with Crippen molar-refractivity contribution in [3.8, 4) is 0 Å². The number of aromatic nitrogens is 2. The summed E-state index contributed by atoms with van der Waals surface area (Å²) in [7, 11) is -4.01. The number of hydrogen-bond donors (Lipinski definition) is 3. The van der Waals surface area contributed by atoms with E-state index < -0.39 is 32.3 Å². The number of allylic oxidation sites excluding steroid dienone is 1. The minimum absolute atomic E-state index is 0.0379. The van der Waals surface area contributed by atoms with Crippen LogP contribution in [-0.4, -0.2) is 58.4 Å². The fraction of sp³-hybridized carbons (Fsp3) is 0.700. The molecule has 0 spiro atoms. The topological polar surface area (TPSA) is 146 Å². The summed E-state index contributed by atoms with van der Waals surface area (Å²) < 4.78 is 28.9. The van der Waals surface area contributed by atoms with Gasteiger partial charge in [-0.15, -0.1) is 6.58 Å². The van der Waals surface area contributed by atoms with Crippen molar-refractivity contribution < 1.29 is 28.6 Å². The molecule has 2 atom stereocenters. The Balaban J connectivity index is 2.14. The van der Waals surface area contributed by atoms with E-state index in [4.69, 9.17) is 19.7 Å². The van der Waals surface area contributed by atoms with Gasteiger partial charge in [0.25, 0.3) is 0 Å². The molecule has 31 heavy (non-hydrogen) atoms. The van der Waals surface area contributed by atoms with Crippen LogP contribution < -0.4 is 11.4 Å². The second-order valence-corrected chi connectivity index (χ2v) is 8.96. The molecule has 0 amide bonds. The number of aliphatic hydroxyl groups excluding tert-OH is 1. The number of nitrogen functional groups attached to an aromatic ring is 1. The first-order chi connectivity index (χ1) is 14.9. The molecule has 0 fully saturated rings. The predicted molar refractivity (Wildman–Crippen MR) is 119 cm³/mol. The van der Waals surface area contributed by atoms with Crippen LogP contribution >= 0.6 is 7.60 Å². The lowest BCUT2D eigenvalue weighted by Crippen LogP contribution is -2.32. The number of anilines is 1. The fourth-order valence-electron chi connectivity index (χ4n) is 2.74. The molecule has 11 heteroatoms. The van der Waals surface area contributed by atoms with Crippen molar-refractivity contribution in [1.29, 1.82) is 0 Å². The Hall–Kier alpha value is -1.55. The van der Waals surface area contributed by atoms with E-state index in [9.17, 15) is 19.4 Å². The molecular weight excluding hydrogens is 425 g/mol. The van der Waals surface area contributed by atoms with Gasteiger partial charge in [0.15, 0.2) is 0 Å². The van der Waals surface area contributed by atoms with Crippen molar-refractivity contribution in [1.82, 2.24) is 9.55 Å². The summed E-state index contributed by atoms with van der Waals surface area (Å²) in [5, 5.41) is 9.40. The number of nitrogens with two attached hydrogens (primary N) is 1. The van der Waals surface area contributed by atoms with Crippen molar-refractivity contribution in [2.24, 2.45) is 0 Å². The van der Waals surface area contributed by atoms with Gasteiger partial charge in [-0.25, -0.2) is 4.79 Å². The van der Waals surface area contributed by atoms with Crippen molar-refractivity contribution in [2.75, 3.05) is 38.5 Å². The average Bonchev–Trinajstić information content (AvgIpc) is 2.73. The molecule has 0 saturated heterocycles. The van der Waals surface area contributed by atoms with E-state index in [-0.39, 0.29) is 25.6 Å². The summed E-state index contributed by atoms with van der Waals surface area (Å²) in [6.07, 6.45) is 9.78. The fourth-order valence-corrected chi connectivity index (χ4v) is 3.57. The standard InChI is InChI=1S/C20H36N3O7P/c1-2-3-4-5-6-7-8-9-12-28-13-14-30-31(26,27)17-29-18(16-24)15-23-11-10-19(21)22-20(23)25/h2,10-11,18,24H,1,3-9,12-17H2,(H,26,27)(H2,21,22,25)/t18-/m0/s1. The zero-order valence-corrected chi connectivity index (χ0v) is 19.0. The zero-order chi connectivity index (χ0) is 23.0. The first-order valence-electron chi connectivity index (χ1n) is 10.6. The number of ether oxygens (including phenoxy) is 2. The third kappa shape index (κ3) is 13.5. The highest BCUT2D eigenvalue weighted by atomic mass is 31.2. The molecule has 1 unspecified atom stereocenters.